The third kappa shape index (κ3) is 4.52. The number of hydrogen-bond acceptors (Lipinski definition) is 7. The fraction of sp³-hybridized carbons (Fsp3) is 0.440. The molecular formula is C25H30ClN7O. The van der Waals surface area contributed by atoms with Gasteiger partial charge in [0.1, 0.15) is 17.2 Å². The van der Waals surface area contributed by atoms with Crippen molar-refractivity contribution in [3.63, 3.8) is 0 Å². The number of likely N-dealkylation sites (tertiary alicyclic amines) is 1. The molecule has 9 heteroatoms. The van der Waals surface area contributed by atoms with Gasteiger partial charge in [0.25, 0.3) is 5.56 Å². The minimum atomic E-state index is -0.376. The molecule has 0 radical (unpaired) electrons. The molecule has 0 spiro atoms. The van der Waals surface area contributed by atoms with Gasteiger partial charge >= 0.3 is 0 Å². The van der Waals surface area contributed by atoms with Gasteiger partial charge in [0, 0.05) is 38.3 Å². The maximum absolute atomic E-state index is 11.9. The molecule has 0 amide bonds. The molecule has 2 aliphatic rings. The predicted molar refractivity (Wildman–Crippen MR) is 134 cm³/mol. The molecule has 1 N–H and O–H groups in total. The molecule has 2 aromatic heterocycles. The van der Waals surface area contributed by atoms with E-state index >= 15 is 0 Å². The number of likely N-dealkylation sites (N-methyl/N-ethyl adjacent to an activating group) is 1. The average molecular weight is 480 g/mol. The molecule has 5 rings (SSSR count). The predicted octanol–water partition coefficient (Wildman–Crippen LogP) is 3.12. The normalized spacial score (nSPS) is 20.7. The fourth-order valence-electron chi connectivity index (χ4n) is 5.20. The van der Waals surface area contributed by atoms with Crippen molar-refractivity contribution in [1.29, 1.82) is 0 Å². The Hall–Kier alpha value is -2.97. The monoisotopic (exact) mass is 479 g/mol. The van der Waals surface area contributed by atoms with E-state index in [1.807, 2.05) is 0 Å². The Morgan fingerprint density at radius 3 is 2.85 bits per heavy atom. The van der Waals surface area contributed by atoms with Crippen LogP contribution in [-0.4, -0.2) is 57.8 Å². The Kier molecular flexibility index (Phi) is 6.52. The molecule has 0 unspecified atom stereocenters. The second-order valence-electron chi connectivity index (χ2n) is 9.36. The summed E-state index contributed by atoms with van der Waals surface area (Å²) in [7, 11) is 2.17. The SMILES string of the molecule is C[C@@H]1CCN(Cc2ccccc2)C[C@@H]1N(C)c1ncnc2c1CCN(c1cn[nH]c(=O)c1Cl)C2. The number of H-pyrrole nitrogens is 1. The molecule has 4 heterocycles. The Morgan fingerprint density at radius 1 is 1.21 bits per heavy atom. The number of hydrogen-bond donors (Lipinski definition) is 1. The van der Waals surface area contributed by atoms with Crippen LogP contribution in [0.25, 0.3) is 0 Å². The van der Waals surface area contributed by atoms with Crippen molar-refractivity contribution in [3.8, 4) is 0 Å². The van der Waals surface area contributed by atoms with Gasteiger partial charge in [0.05, 0.1) is 24.1 Å². The lowest BCUT2D eigenvalue weighted by Crippen LogP contribution is -2.51. The smallest absolute Gasteiger partial charge is 0.285 e. The van der Waals surface area contributed by atoms with E-state index in [0.29, 0.717) is 24.2 Å². The molecule has 1 fully saturated rings. The minimum absolute atomic E-state index is 0.166. The standard InChI is InChI=1S/C25H30ClN7O/c1-17-8-10-32(13-18-6-4-3-5-7-18)15-22(17)31(2)24-19-9-11-33(14-20(19)27-16-28-24)21-12-29-30-25(34)23(21)26/h3-7,12,16-17,22H,8-11,13-15H2,1-2H3,(H,30,34)/t17-,22+/m1/s1. The first-order chi connectivity index (χ1) is 16.5. The van der Waals surface area contributed by atoms with Crippen LogP contribution < -0.4 is 15.4 Å². The summed E-state index contributed by atoms with van der Waals surface area (Å²) in [6, 6.07) is 11.1. The van der Waals surface area contributed by atoms with E-state index < -0.39 is 0 Å². The first-order valence-electron chi connectivity index (χ1n) is 11.8. The second-order valence-corrected chi connectivity index (χ2v) is 9.74. The minimum Gasteiger partial charge on any atom is -0.363 e. The third-order valence-electron chi connectivity index (χ3n) is 7.19. The van der Waals surface area contributed by atoms with Gasteiger partial charge in [0.2, 0.25) is 0 Å². The molecule has 0 saturated carbocycles. The van der Waals surface area contributed by atoms with Crippen molar-refractivity contribution < 1.29 is 0 Å². The Bertz CT molecular complexity index is 1200. The van der Waals surface area contributed by atoms with Gasteiger partial charge in [-0.3, -0.25) is 9.69 Å². The van der Waals surface area contributed by atoms with Crippen LogP contribution in [0.15, 0.2) is 47.7 Å². The number of rotatable bonds is 5. The van der Waals surface area contributed by atoms with E-state index in [-0.39, 0.29) is 10.6 Å². The number of aromatic nitrogens is 4. The molecule has 2 atom stereocenters. The lowest BCUT2D eigenvalue weighted by Gasteiger charge is -2.43. The fourth-order valence-corrected chi connectivity index (χ4v) is 5.41. The van der Waals surface area contributed by atoms with Crippen LogP contribution in [0.2, 0.25) is 5.02 Å². The van der Waals surface area contributed by atoms with Crippen LogP contribution in [0, 0.1) is 5.92 Å². The van der Waals surface area contributed by atoms with Crippen LogP contribution in [0.1, 0.15) is 30.2 Å². The first kappa shape index (κ1) is 22.8. The van der Waals surface area contributed by atoms with Crippen molar-refractivity contribution in [1.82, 2.24) is 25.1 Å². The first-order valence-corrected chi connectivity index (χ1v) is 12.2. The molecule has 34 heavy (non-hydrogen) atoms. The number of aromatic amines is 1. The van der Waals surface area contributed by atoms with Gasteiger partial charge in [-0.1, -0.05) is 48.9 Å². The van der Waals surface area contributed by atoms with E-state index in [4.69, 9.17) is 16.6 Å². The molecule has 0 bridgehead atoms. The van der Waals surface area contributed by atoms with Crippen LogP contribution in [0.5, 0.6) is 0 Å². The van der Waals surface area contributed by atoms with Crippen LogP contribution in [0.4, 0.5) is 11.5 Å². The van der Waals surface area contributed by atoms with Gasteiger partial charge in [0.15, 0.2) is 0 Å². The summed E-state index contributed by atoms with van der Waals surface area (Å²) < 4.78 is 0. The summed E-state index contributed by atoms with van der Waals surface area (Å²) >= 11 is 6.25. The number of nitrogens with one attached hydrogen (secondary N) is 1. The Labute approximate surface area is 204 Å². The van der Waals surface area contributed by atoms with E-state index in [0.717, 1.165) is 50.5 Å². The van der Waals surface area contributed by atoms with Crippen LogP contribution >= 0.6 is 11.6 Å². The molecule has 178 valence electrons. The van der Waals surface area contributed by atoms with Crippen molar-refractivity contribution in [2.75, 3.05) is 36.5 Å². The summed E-state index contributed by atoms with van der Waals surface area (Å²) in [5, 5.41) is 6.47. The highest BCUT2D eigenvalue weighted by Crippen LogP contribution is 2.32. The van der Waals surface area contributed by atoms with Crippen molar-refractivity contribution >= 4 is 23.1 Å². The summed E-state index contributed by atoms with van der Waals surface area (Å²) in [5.74, 6) is 1.59. The maximum atomic E-state index is 11.9. The van der Waals surface area contributed by atoms with E-state index in [2.05, 4.69) is 74.2 Å². The number of halogens is 1. The van der Waals surface area contributed by atoms with Gasteiger partial charge < -0.3 is 9.80 Å². The molecule has 0 aliphatic carbocycles. The molecule has 2 aliphatic heterocycles. The summed E-state index contributed by atoms with van der Waals surface area (Å²) in [6.07, 6.45) is 5.21. The van der Waals surface area contributed by atoms with Gasteiger partial charge in [-0.15, -0.1) is 0 Å². The Morgan fingerprint density at radius 2 is 2.03 bits per heavy atom. The largest absolute Gasteiger partial charge is 0.363 e. The average Bonchev–Trinajstić information content (AvgIpc) is 2.86. The molecular weight excluding hydrogens is 450 g/mol. The van der Waals surface area contributed by atoms with E-state index in [1.54, 1.807) is 12.5 Å². The van der Waals surface area contributed by atoms with Crippen molar-refractivity contribution in [2.45, 2.75) is 38.9 Å². The molecule has 3 aromatic rings. The number of benzene rings is 1. The van der Waals surface area contributed by atoms with Gasteiger partial charge in [-0.2, -0.15) is 5.10 Å². The van der Waals surface area contributed by atoms with Crippen molar-refractivity contribution in [3.05, 3.63) is 75.1 Å². The van der Waals surface area contributed by atoms with Gasteiger partial charge in [-0.25, -0.2) is 15.1 Å². The molecule has 8 nitrogen and oxygen atoms in total. The third-order valence-corrected chi connectivity index (χ3v) is 7.55. The number of fused-ring (bicyclic) bond motifs is 1. The van der Waals surface area contributed by atoms with Crippen LogP contribution in [0.3, 0.4) is 0 Å². The number of piperidine rings is 1. The lowest BCUT2D eigenvalue weighted by molar-refractivity contribution is 0.159. The zero-order chi connectivity index (χ0) is 23.7. The zero-order valence-corrected chi connectivity index (χ0v) is 20.4. The van der Waals surface area contributed by atoms with Crippen LogP contribution in [-0.2, 0) is 19.5 Å². The van der Waals surface area contributed by atoms with E-state index in [9.17, 15) is 4.79 Å². The number of nitrogens with zero attached hydrogens (tertiary/aromatic N) is 6. The van der Waals surface area contributed by atoms with Gasteiger partial charge in [-0.05, 0) is 30.9 Å². The van der Waals surface area contributed by atoms with E-state index in [1.165, 1.54) is 11.1 Å². The van der Waals surface area contributed by atoms with Crippen molar-refractivity contribution in [2.24, 2.45) is 5.92 Å². The number of anilines is 2. The summed E-state index contributed by atoms with van der Waals surface area (Å²) in [5.41, 5.74) is 3.78. The summed E-state index contributed by atoms with van der Waals surface area (Å²) in [6.45, 7) is 6.74. The highest BCUT2D eigenvalue weighted by molar-refractivity contribution is 6.33. The zero-order valence-electron chi connectivity index (χ0n) is 19.6. The summed E-state index contributed by atoms with van der Waals surface area (Å²) in [4.78, 5) is 28.2. The Balaban J connectivity index is 1.35. The highest BCUT2D eigenvalue weighted by atomic mass is 35.5. The lowest BCUT2D eigenvalue weighted by atomic mass is 9.91. The quantitative estimate of drug-likeness (QED) is 0.602. The molecule has 1 aromatic carbocycles. The highest BCUT2D eigenvalue weighted by Gasteiger charge is 2.32. The second kappa shape index (κ2) is 9.72. The topological polar surface area (TPSA) is 81.2 Å². The molecule has 1 saturated heterocycles. The maximum Gasteiger partial charge on any atom is 0.285 e.